The van der Waals surface area contributed by atoms with Crippen molar-refractivity contribution in [1.82, 2.24) is 4.98 Å². The zero-order valence-electron chi connectivity index (χ0n) is 10.3. The number of halogens is 1. The molecule has 0 saturated carbocycles. The first-order valence-corrected chi connectivity index (χ1v) is 6.22. The normalized spacial score (nSPS) is 11.6. The molecule has 0 aliphatic carbocycles. The van der Waals surface area contributed by atoms with Gasteiger partial charge in [-0.3, -0.25) is 9.98 Å². The predicted octanol–water partition coefficient (Wildman–Crippen LogP) is 2.15. The van der Waals surface area contributed by atoms with Crippen LogP contribution in [0.3, 0.4) is 0 Å². The van der Waals surface area contributed by atoms with E-state index >= 15 is 0 Å². The number of anilines is 1. The summed E-state index contributed by atoms with van der Waals surface area (Å²) in [4.78, 5) is 8.34. The molecule has 0 bridgehead atoms. The molecule has 19 heavy (non-hydrogen) atoms. The van der Waals surface area contributed by atoms with Crippen LogP contribution in [-0.4, -0.2) is 29.0 Å². The van der Waals surface area contributed by atoms with Crippen molar-refractivity contribution in [2.24, 2.45) is 4.99 Å². The van der Waals surface area contributed by atoms with E-state index in [0.29, 0.717) is 23.0 Å². The monoisotopic (exact) mass is 275 g/mol. The summed E-state index contributed by atoms with van der Waals surface area (Å²) >= 11 is 6.20. The van der Waals surface area contributed by atoms with Gasteiger partial charge in [0.1, 0.15) is 0 Å². The van der Waals surface area contributed by atoms with E-state index in [4.69, 9.17) is 22.4 Å². The van der Waals surface area contributed by atoms with Gasteiger partial charge in [0.2, 0.25) is 0 Å². The lowest BCUT2D eigenvalue weighted by atomic mass is 10.0. The molecule has 2 aromatic rings. The van der Waals surface area contributed by atoms with Gasteiger partial charge < -0.3 is 10.8 Å². The fourth-order valence-electron chi connectivity index (χ4n) is 1.75. The molecule has 98 valence electrons. The number of rotatable bonds is 4. The van der Waals surface area contributed by atoms with E-state index < -0.39 is 0 Å². The van der Waals surface area contributed by atoms with Crippen LogP contribution in [0.2, 0.25) is 5.02 Å². The van der Waals surface area contributed by atoms with Gasteiger partial charge in [-0.1, -0.05) is 29.8 Å². The molecule has 4 nitrogen and oxygen atoms in total. The summed E-state index contributed by atoms with van der Waals surface area (Å²) in [6.07, 6.45) is 3.22. The maximum atomic E-state index is 8.96. The van der Waals surface area contributed by atoms with Crippen LogP contribution >= 0.6 is 11.6 Å². The second-order valence-electron chi connectivity index (χ2n) is 3.90. The number of aromatic nitrogens is 1. The largest absolute Gasteiger partial charge is 0.397 e. The summed E-state index contributed by atoms with van der Waals surface area (Å²) in [5.41, 5.74) is 8.67. The van der Waals surface area contributed by atoms with Crippen molar-refractivity contribution in [2.45, 2.75) is 0 Å². The van der Waals surface area contributed by atoms with Crippen LogP contribution in [0.4, 0.5) is 5.69 Å². The smallest absolute Gasteiger partial charge is 0.0756 e. The molecule has 0 aliphatic heterocycles. The molecule has 0 saturated heterocycles. The highest BCUT2D eigenvalue weighted by atomic mass is 35.5. The molecule has 0 spiro atoms. The molecular formula is C14H14ClN3O. The maximum Gasteiger partial charge on any atom is 0.0756 e. The summed E-state index contributed by atoms with van der Waals surface area (Å²) in [7, 11) is 0. The van der Waals surface area contributed by atoms with E-state index in [1.807, 2.05) is 18.2 Å². The second kappa shape index (κ2) is 6.31. The molecule has 2 rings (SSSR count). The Hall–Kier alpha value is -1.91. The van der Waals surface area contributed by atoms with E-state index in [2.05, 4.69) is 9.98 Å². The van der Waals surface area contributed by atoms with Crippen molar-refractivity contribution in [1.29, 1.82) is 0 Å². The number of nitrogens with two attached hydrogens (primary N) is 1. The van der Waals surface area contributed by atoms with Gasteiger partial charge in [0.25, 0.3) is 0 Å². The molecule has 1 heterocycles. The lowest BCUT2D eigenvalue weighted by molar-refractivity contribution is 0.307. The minimum atomic E-state index is -0.0288. The van der Waals surface area contributed by atoms with Gasteiger partial charge in [-0.2, -0.15) is 0 Å². The summed E-state index contributed by atoms with van der Waals surface area (Å²) in [5.74, 6) is 0. The van der Waals surface area contributed by atoms with E-state index in [-0.39, 0.29) is 6.61 Å². The van der Waals surface area contributed by atoms with Crippen LogP contribution in [-0.2, 0) is 0 Å². The average Bonchev–Trinajstić information content (AvgIpc) is 2.42. The van der Waals surface area contributed by atoms with Crippen LogP contribution in [0.25, 0.3) is 0 Å². The summed E-state index contributed by atoms with van der Waals surface area (Å²) < 4.78 is 0. The molecule has 0 atom stereocenters. The summed E-state index contributed by atoms with van der Waals surface area (Å²) in [6.45, 7) is 0.265. The molecule has 0 fully saturated rings. The van der Waals surface area contributed by atoms with Crippen molar-refractivity contribution in [2.75, 3.05) is 18.9 Å². The van der Waals surface area contributed by atoms with Crippen LogP contribution < -0.4 is 5.73 Å². The van der Waals surface area contributed by atoms with Crippen LogP contribution in [0, 0.1) is 0 Å². The number of hydrogen-bond donors (Lipinski definition) is 2. The van der Waals surface area contributed by atoms with Crippen molar-refractivity contribution < 1.29 is 5.11 Å². The molecule has 1 aromatic carbocycles. The third-order valence-electron chi connectivity index (χ3n) is 2.61. The van der Waals surface area contributed by atoms with Gasteiger partial charge in [0.15, 0.2) is 0 Å². The topological polar surface area (TPSA) is 71.5 Å². The lowest BCUT2D eigenvalue weighted by Gasteiger charge is -2.11. The maximum absolute atomic E-state index is 8.96. The van der Waals surface area contributed by atoms with Crippen molar-refractivity contribution in [3.8, 4) is 0 Å². The Morgan fingerprint density at radius 2 is 2.05 bits per heavy atom. The Morgan fingerprint density at radius 1 is 1.26 bits per heavy atom. The molecule has 0 amide bonds. The molecule has 0 unspecified atom stereocenters. The first-order chi connectivity index (χ1) is 9.24. The Labute approximate surface area is 116 Å². The Bertz CT molecular complexity index is 551. The Balaban J connectivity index is 2.55. The molecule has 1 aromatic heterocycles. The van der Waals surface area contributed by atoms with Crippen LogP contribution in [0.15, 0.2) is 47.7 Å². The van der Waals surface area contributed by atoms with Gasteiger partial charge in [0, 0.05) is 22.3 Å². The number of aliphatic imine (C=N–C) groups is 1. The first kappa shape index (κ1) is 13.5. The zero-order valence-corrected chi connectivity index (χ0v) is 11.0. The van der Waals surface area contributed by atoms with Crippen LogP contribution in [0.1, 0.15) is 11.1 Å². The number of aliphatic hydroxyl groups is 1. The quantitative estimate of drug-likeness (QED) is 0.840. The highest BCUT2D eigenvalue weighted by Gasteiger charge is 2.12. The molecule has 3 N–H and O–H groups in total. The van der Waals surface area contributed by atoms with E-state index in [1.54, 1.807) is 24.5 Å². The van der Waals surface area contributed by atoms with Crippen molar-refractivity contribution in [3.05, 3.63) is 58.9 Å². The standard InChI is InChI=1S/C14H14ClN3O/c15-12-4-2-1-3-10(12)14(18-7-8-19)11-5-6-17-9-13(11)16/h1-6,9,19H,7-8,16H2/b18-14-. The van der Waals surface area contributed by atoms with Gasteiger partial charge in [0.05, 0.1) is 30.7 Å². The van der Waals surface area contributed by atoms with Gasteiger partial charge in [-0.25, -0.2) is 0 Å². The lowest BCUT2D eigenvalue weighted by Crippen LogP contribution is -2.09. The van der Waals surface area contributed by atoms with Gasteiger partial charge in [-0.05, 0) is 12.1 Å². The predicted molar refractivity (Wildman–Crippen MR) is 77.7 cm³/mol. The molecule has 0 aliphatic rings. The van der Waals surface area contributed by atoms with E-state index in [0.717, 1.165) is 11.1 Å². The number of aliphatic hydroxyl groups excluding tert-OH is 1. The zero-order chi connectivity index (χ0) is 13.7. The highest BCUT2D eigenvalue weighted by Crippen LogP contribution is 2.22. The minimum absolute atomic E-state index is 0.0288. The van der Waals surface area contributed by atoms with Crippen molar-refractivity contribution >= 4 is 23.0 Å². The average molecular weight is 276 g/mol. The van der Waals surface area contributed by atoms with Gasteiger partial charge >= 0.3 is 0 Å². The number of nitrogen functional groups attached to an aromatic ring is 1. The first-order valence-electron chi connectivity index (χ1n) is 5.84. The summed E-state index contributed by atoms with van der Waals surface area (Å²) in [5, 5.41) is 9.56. The van der Waals surface area contributed by atoms with Crippen LogP contribution in [0.5, 0.6) is 0 Å². The van der Waals surface area contributed by atoms with Gasteiger partial charge in [-0.15, -0.1) is 0 Å². The fraction of sp³-hybridized carbons (Fsp3) is 0.143. The Morgan fingerprint density at radius 3 is 2.74 bits per heavy atom. The molecule has 5 heteroatoms. The number of hydrogen-bond acceptors (Lipinski definition) is 4. The third kappa shape index (κ3) is 3.10. The van der Waals surface area contributed by atoms with E-state index in [1.165, 1.54) is 0 Å². The highest BCUT2D eigenvalue weighted by molar-refractivity contribution is 6.35. The van der Waals surface area contributed by atoms with Crippen molar-refractivity contribution in [3.63, 3.8) is 0 Å². The third-order valence-corrected chi connectivity index (χ3v) is 2.94. The number of pyridine rings is 1. The number of nitrogens with zero attached hydrogens (tertiary/aromatic N) is 2. The SMILES string of the molecule is Nc1cnccc1/C(=N\CCO)c1ccccc1Cl. The molecule has 0 radical (unpaired) electrons. The second-order valence-corrected chi connectivity index (χ2v) is 4.30. The minimum Gasteiger partial charge on any atom is -0.397 e. The summed E-state index contributed by atoms with van der Waals surface area (Å²) in [6, 6.07) is 9.19. The Kier molecular flexibility index (Phi) is 4.49. The van der Waals surface area contributed by atoms with E-state index in [9.17, 15) is 0 Å². The number of benzene rings is 1. The fourth-order valence-corrected chi connectivity index (χ4v) is 1.98. The molecular weight excluding hydrogens is 262 g/mol.